The van der Waals surface area contributed by atoms with Crippen LogP contribution in [-0.2, 0) is 0 Å². The number of fused-ring (bicyclic) bond motifs is 1. The summed E-state index contributed by atoms with van der Waals surface area (Å²) in [5, 5.41) is 32.4. The van der Waals surface area contributed by atoms with Crippen LogP contribution in [0.3, 0.4) is 0 Å². The van der Waals surface area contributed by atoms with E-state index < -0.39 is 0 Å². The predicted molar refractivity (Wildman–Crippen MR) is 231 cm³/mol. The molecular weight excluding hydrogens is 1090 g/mol. The highest BCUT2D eigenvalue weighted by Crippen LogP contribution is 2.43. The van der Waals surface area contributed by atoms with E-state index in [1.54, 1.807) is 54.6 Å². The first-order valence-electron chi connectivity index (χ1n) is 15.3. The number of aromatic hydroxyl groups is 3. The minimum Gasteiger partial charge on any atom is -0.504 e. The van der Waals surface area contributed by atoms with E-state index in [2.05, 4.69) is 111 Å². The quantitative estimate of drug-likeness (QED) is 0.115. The topological polar surface area (TPSA) is 151 Å². The third-order valence-electron chi connectivity index (χ3n) is 7.79. The Bertz CT molecular complexity index is 2440. The number of aromatic nitrogens is 1. The van der Waals surface area contributed by atoms with Gasteiger partial charge in [0.25, 0.3) is 0 Å². The lowest BCUT2D eigenvalue weighted by molar-refractivity contribution is 0.372. The number of aliphatic imine (C=N–C) groups is 3. The maximum atomic E-state index is 10.9. The Morgan fingerprint density at radius 1 is 0.556 bits per heavy atom. The second kappa shape index (κ2) is 17.0. The van der Waals surface area contributed by atoms with Crippen LogP contribution in [0.15, 0.2) is 101 Å². The molecule has 0 radical (unpaired) electrons. The maximum absolute atomic E-state index is 10.9. The van der Waals surface area contributed by atoms with Gasteiger partial charge in [0.1, 0.15) is 5.52 Å². The van der Waals surface area contributed by atoms with Crippen molar-refractivity contribution in [3.05, 3.63) is 98.1 Å². The molecule has 3 N–H and O–H groups in total. The fourth-order valence-corrected chi connectivity index (χ4v) is 7.54. The van der Waals surface area contributed by atoms with Gasteiger partial charge >= 0.3 is 0 Å². The van der Waals surface area contributed by atoms with Crippen molar-refractivity contribution in [1.29, 1.82) is 0 Å². The van der Waals surface area contributed by atoms with Gasteiger partial charge in [-0.05, 0) is 150 Å². The van der Waals surface area contributed by atoms with Crippen LogP contribution < -0.4 is 14.2 Å². The van der Waals surface area contributed by atoms with Crippen molar-refractivity contribution in [2.45, 2.75) is 0 Å². The Kier molecular flexibility index (Phi) is 12.5. The first kappa shape index (κ1) is 39.9. The normalized spacial score (nSPS) is 11.8. The summed E-state index contributed by atoms with van der Waals surface area (Å²) < 4.78 is 25.8. The van der Waals surface area contributed by atoms with Crippen LogP contribution in [0.1, 0.15) is 16.7 Å². The Morgan fingerprint density at radius 3 is 1.37 bits per heavy atom. The standard InChI is InChI=1S/C37H24Br6N4O7/c1-51-28-10-23(38)31(41)20(34(28)48)13-44-17-4-5-27-26(9-17)47-37(54-27)16-6-18(45-14-21-32(42)24(39)11-29(52-2)35(21)49)8-19(7-16)46-15-22-33(43)25(40)12-30(53-3)36(22)50/h4-15,48-50H,1-3H3. The van der Waals surface area contributed by atoms with Gasteiger partial charge in [0.05, 0.1) is 55.1 Å². The van der Waals surface area contributed by atoms with Gasteiger partial charge in [0.15, 0.2) is 40.1 Å². The fourth-order valence-electron chi connectivity index (χ4n) is 5.06. The zero-order valence-corrected chi connectivity index (χ0v) is 37.5. The van der Waals surface area contributed by atoms with E-state index in [4.69, 9.17) is 23.6 Å². The van der Waals surface area contributed by atoms with Gasteiger partial charge < -0.3 is 33.9 Å². The number of oxazole rings is 1. The minimum absolute atomic E-state index is 0.0645. The molecule has 276 valence electrons. The number of halogens is 6. The molecule has 0 aliphatic rings. The molecule has 54 heavy (non-hydrogen) atoms. The summed E-state index contributed by atoms with van der Waals surface area (Å²) in [6.07, 6.45) is 4.51. The Balaban J connectivity index is 1.43. The summed E-state index contributed by atoms with van der Waals surface area (Å²) in [6, 6.07) is 15.4. The van der Waals surface area contributed by atoms with Crippen molar-refractivity contribution in [1.82, 2.24) is 4.98 Å². The zero-order valence-electron chi connectivity index (χ0n) is 28.0. The highest BCUT2D eigenvalue weighted by atomic mass is 79.9. The van der Waals surface area contributed by atoms with Crippen molar-refractivity contribution in [3.8, 4) is 46.0 Å². The third-order valence-corrected chi connectivity index (χ3v) is 13.8. The lowest BCUT2D eigenvalue weighted by Gasteiger charge is -2.10. The first-order chi connectivity index (χ1) is 25.8. The zero-order chi connectivity index (χ0) is 38.8. The average molecular weight is 1120 g/mol. The van der Waals surface area contributed by atoms with E-state index in [1.807, 2.05) is 0 Å². The molecular formula is C37H24Br6N4O7. The number of phenols is 3. The fraction of sp³-hybridized carbons (Fsp3) is 0.0811. The Morgan fingerprint density at radius 2 is 0.963 bits per heavy atom. The van der Waals surface area contributed by atoms with Crippen molar-refractivity contribution in [3.63, 3.8) is 0 Å². The summed E-state index contributed by atoms with van der Waals surface area (Å²) in [5.41, 5.74) is 4.20. The number of benzene rings is 5. The summed E-state index contributed by atoms with van der Waals surface area (Å²) in [5.74, 6) is 0.818. The molecule has 0 unspecified atom stereocenters. The van der Waals surface area contributed by atoms with E-state index in [0.717, 1.165) is 0 Å². The molecule has 0 fully saturated rings. The molecule has 17 heteroatoms. The minimum atomic E-state index is -0.103. The molecule has 0 saturated heterocycles. The predicted octanol–water partition coefficient (Wildman–Crippen LogP) is 12.5. The lowest BCUT2D eigenvalue weighted by atomic mass is 10.1. The molecule has 1 heterocycles. The second-order valence-corrected chi connectivity index (χ2v) is 16.0. The van der Waals surface area contributed by atoms with Gasteiger partial charge in [0, 0.05) is 51.0 Å². The maximum Gasteiger partial charge on any atom is 0.227 e. The second-order valence-electron chi connectivity index (χ2n) is 11.1. The van der Waals surface area contributed by atoms with Crippen molar-refractivity contribution in [2.75, 3.05) is 21.3 Å². The van der Waals surface area contributed by atoms with E-state index in [-0.39, 0.29) is 34.6 Å². The van der Waals surface area contributed by atoms with Crippen molar-refractivity contribution < 1.29 is 33.9 Å². The molecule has 6 rings (SSSR count). The summed E-state index contributed by atoms with van der Waals surface area (Å²) >= 11 is 20.9. The monoisotopic (exact) mass is 1110 g/mol. The van der Waals surface area contributed by atoms with Gasteiger partial charge in [-0.2, -0.15) is 0 Å². The molecule has 1 aromatic heterocycles. The number of phenolic OH excluding ortho intramolecular Hbond substituents is 3. The van der Waals surface area contributed by atoms with Crippen LogP contribution in [0.4, 0.5) is 17.1 Å². The van der Waals surface area contributed by atoms with Crippen LogP contribution in [0.2, 0.25) is 0 Å². The summed E-state index contributed by atoms with van der Waals surface area (Å²) in [6.45, 7) is 0. The molecule has 6 aromatic rings. The van der Waals surface area contributed by atoms with E-state index in [0.29, 0.717) is 83.0 Å². The molecule has 0 bridgehead atoms. The number of methoxy groups -OCH3 is 3. The van der Waals surface area contributed by atoms with E-state index in [9.17, 15) is 15.3 Å². The molecule has 0 aliphatic carbocycles. The van der Waals surface area contributed by atoms with Crippen LogP contribution in [0.5, 0.6) is 34.5 Å². The smallest absolute Gasteiger partial charge is 0.227 e. The SMILES string of the molecule is COc1cc(Br)c(Br)c(C=Nc2cc(N=Cc3c(O)c(OC)cc(Br)c3Br)cc(-c3nc4cc(N=Cc5c(O)c(OC)cc(Br)c5Br)ccc4o3)c2)c1O. The Labute approximate surface area is 358 Å². The number of hydrogen-bond acceptors (Lipinski definition) is 11. The largest absolute Gasteiger partial charge is 0.504 e. The van der Waals surface area contributed by atoms with E-state index in [1.165, 1.54) is 40.0 Å². The number of rotatable bonds is 10. The van der Waals surface area contributed by atoms with Gasteiger partial charge in [-0.15, -0.1) is 0 Å². The van der Waals surface area contributed by atoms with Crippen LogP contribution >= 0.6 is 95.6 Å². The highest BCUT2D eigenvalue weighted by Gasteiger charge is 2.18. The summed E-state index contributed by atoms with van der Waals surface area (Å²) in [4.78, 5) is 18.7. The van der Waals surface area contributed by atoms with Crippen molar-refractivity contribution in [2.24, 2.45) is 15.0 Å². The number of ether oxygens (including phenoxy) is 3. The van der Waals surface area contributed by atoms with E-state index >= 15 is 0 Å². The van der Waals surface area contributed by atoms with Crippen LogP contribution in [-0.4, -0.2) is 60.3 Å². The summed E-state index contributed by atoms with van der Waals surface area (Å²) in [7, 11) is 4.39. The average Bonchev–Trinajstić information content (AvgIpc) is 3.59. The third kappa shape index (κ3) is 8.26. The molecule has 0 aliphatic heterocycles. The van der Waals surface area contributed by atoms with Crippen LogP contribution in [0.25, 0.3) is 22.6 Å². The van der Waals surface area contributed by atoms with Crippen LogP contribution in [0, 0.1) is 0 Å². The van der Waals surface area contributed by atoms with Gasteiger partial charge in [-0.3, -0.25) is 15.0 Å². The van der Waals surface area contributed by atoms with Gasteiger partial charge in [0.2, 0.25) is 5.89 Å². The van der Waals surface area contributed by atoms with Gasteiger partial charge in [-0.25, -0.2) is 4.98 Å². The molecule has 0 spiro atoms. The number of hydrogen-bond donors (Lipinski definition) is 3. The van der Waals surface area contributed by atoms with Crippen molar-refractivity contribution >= 4 is 142 Å². The molecule has 11 nitrogen and oxygen atoms in total. The molecule has 0 amide bonds. The molecule has 5 aromatic carbocycles. The molecule has 0 atom stereocenters. The number of nitrogens with zero attached hydrogens (tertiary/aromatic N) is 4. The lowest BCUT2D eigenvalue weighted by Crippen LogP contribution is -1.92. The Hall–Kier alpha value is -3.74. The first-order valence-corrected chi connectivity index (χ1v) is 20.0. The highest BCUT2D eigenvalue weighted by molar-refractivity contribution is 9.13. The molecule has 0 saturated carbocycles. The van der Waals surface area contributed by atoms with Gasteiger partial charge in [-0.1, -0.05) is 0 Å².